The van der Waals surface area contributed by atoms with E-state index in [9.17, 15) is 36.3 Å². The molecule has 3 amide bonds. The molecule has 2 atom stereocenters. The van der Waals surface area contributed by atoms with Crippen LogP contribution in [0.4, 0.5) is 4.79 Å². The fraction of sp³-hybridized carbons (Fsp3) is 0.348. The van der Waals surface area contributed by atoms with Gasteiger partial charge in [0, 0.05) is 25.9 Å². The number of sulfone groups is 1. The molecule has 0 aromatic heterocycles. The van der Waals surface area contributed by atoms with Gasteiger partial charge in [0.1, 0.15) is 6.04 Å². The fourth-order valence-electron chi connectivity index (χ4n) is 3.78. The Bertz CT molecular complexity index is 1350. The van der Waals surface area contributed by atoms with Crippen molar-refractivity contribution < 1.29 is 36.3 Å². The summed E-state index contributed by atoms with van der Waals surface area (Å²) >= 11 is 0. The van der Waals surface area contributed by atoms with Crippen LogP contribution in [-0.4, -0.2) is 70.5 Å². The van der Waals surface area contributed by atoms with Crippen molar-refractivity contribution in [1.82, 2.24) is 20.3 Å². The molecule has 1 aliphatic heterocycles. The van der Waals surface area contributed by atoms with E-state index in [0.29, 0.717) is 6.42 Å². The van der Waals surface area contributed by atoms with E-state index in [2.05, 4.69) is 16.0 Å². The third kappa shape index (κ3) is 7.27. The Morgan fingerprint density at radius 2 is 1.59 bits per heavy atom. The lowest BCUT2D eigenvalue weighted by Crippen LogP contribution is -2.58. The Labute approximate surface area is 215 Å². The minimum atomic E-state index is -4.18. The van der Waals surface area contributed by atoms with Gasteiger partial charge in [-0.3, -0.25) is 4.79 Å². The van der Waals surface area contributed by atoms with Crippen LogP contribution in [0, 0.1) is 0 Å². The molecule has 12 nitrogen and oxygen atoms in total. The van der Waals surface area contributed by atoms with Crippen molar-refractivity contribution in [3.63, 3.8) is 0 Å². The van der Waals surface area contributed by atoms with Gasteiger partial charge in [0.2, 0.25) is 15.9 Å². The number of nitrogens with zero attached hydrogens (tertiary/aromatic N) is 1. The van der Waals surface area contributed by atoms with Gasteiger partial charge in [0.15, 0.2) is 9.84 Å². The van der Waals surface area contributed by atoms with Gasteiger partial charge in [-0.1, -0.05) is 30.3 Å². The number of carboxylic acids is 1. The summed E-state index contributed by atoms with van der Waals surface area (Å²) in [5, 5.41) is 18.7. The lowest BCUT2D eigenvalue weighted by molar-refractivity contribution is -0.308. The Morgan fingerprint density at radius 1 is 0.973 bits per heavy atom. The predicted octanol–water partition coefficient (Wildman–Crippen LogP) is -1.02. The first-order chi connectivity index (χ1) is 17.4. The summed E-state index contributed by atoms with van der Waals surface area (Å²) in [6.07, 6.45) is 1.50. The number of hydrogen-bond donors (Lipinski definition) is 3. The highest BCUT2D eigenvalue weighted by atomic mass is 32.2. The van der Waals surface area contributed by atoms with Gasteiger partial charge in [-0.2, -0.15) is 4.31 Å². The SMILES string of the molecule is CS(=O)(=O)c1ccc(S(=O)(=O)N2CCCC2C(=O)NC(CNC(=O)NCc2ccccc2)C(=O)[O-])cc1. The zero-order valence-electron chi connectivity index (χ0n) is 19.9. The molecule has 0 spiro atoms. The van der Waals surface area contributed by atoms with Crippen LogP contribution in [0.15, 0.2) is 64.4 Å². The van der Waals surface area contributed by atoms with Crippen LogP contribution >= 0.6 is 0 Å². The van der Waals surface area contributed by atoms with Gasteiger partial charge in [-0.15, -0.1) is 0 Å². The van der Waals surface area contributed by atoms with Crippen molar-refractivity contribution >= 4 is 37.8 Å². The molecule has 200 valence electrons. The van der Waals surface area contributed by atoms with Gasteiger partial charge in [0.05, 0.1) is 21.8 Å². The van der Waals surface area contributed by atoms with Crippen molar-refractivity contribution in [1.29, 1.82) is 0 Å². The Hall–Kier alpha value is -3.49. The van der Waals surface area contributed by atoms with Crippen LogP contribution in [0.25, 0.3) is 0 Å². The highest BCUT2D eigenvalue weighted by Crippen LogP contribution is 2.27. The maximum absolute atomic E-state index is 13.1. The second-order valence-corrected chi connectivity index (χ2v) is 12.4. The van der Waals surface area contributed by atoms with E-state index in [1.54, 1.807) is 24.3 Å². The number of hydrogen-bond acceptors (Lipinski definition) is 8. The maximum atomic E-state index is 13.1. The second-order valence-electron chi connectivity index (χ2n) is 8.45. The Morgan fingerprint density at radius 3 is 2.19 bits per heavy atom. The molecule has 1 saturated heterocycles. The maximum Gasteiger partial charge on any atom is 0.315 e. The predicted molar refractivity (Wildman–Crippen MR) is 130 cm³/mol. The number of carbonyl (C=O) groups is 3. The third-order valence-corrected chi connectivity index (χ3v) is 8.78. The van der Waals surface area contributed by atoms with Crippen LogP contribution in [0.5, 0.6) is 0 Å². The first kappa shape index (κ1) is 28.1. The van der Waals surface area contributed by atoms with Gasteiger partial charge in [-0.25, -0.2) is 21.6 Å². The van der Waals surface area contributed by atoms with Gasteiger partial charge in [0.25, 0.3) is 0 Å². The second kappa shape index (κ2) is 11.7. The van der Waals surface area contributed by atoms with Gasteiger partial charge in [-0.05, 0) is 42.7 Å². The molecule has 3 N–H and O–H groups in total. The third-order valence-electron chi connectivity index (χ3n) is 5.73. The Balaban J connectivity index is 1.62. The topological polar surface area (TPSA) is 182 Å². The summed E-state index contributed by atoms with van der Waals surface area (Å²) < 4.78 is 50.5. The van der Waals surface area contributed by atoms with E-state index in [1.165, 1.54) is 0 Å². The van der Waals surface area contributed by atoms with Crippen LogP contribution in [0.1, 0.15) is 18.4 Å². The molecule has 1 fully saturated rings. The number of amides is 3. The monoisotopic (exact) mass is 551 g/mol. The van der Waals surface area contributed by atoms with Crippen molar-refractivity contribution in [2.45, 2.75) is 41.3 Å². The quantitative estimate of drug-likeness (QED) is 0.335. The Kier molecular flexibility index (Phi) is 8.89. The number of urea groups is 1. The lowest BCUT2D eigenvalue weighted by atomic mass is 10.2. The highest BCUT2D eigenvalue weighted by molar-refractivity contribution is 7.90. The van der Waals surface area contributed by atoms with E-state index in [1.807, 2.05) is 6.07 Å². The van der Waals surface area contributed by atoms with Crippen LogP contribution in [-0.2, 0) is 36.0 Å². The molecule has 14 heteroatoms. The lowest BCUT2D eigenvalue weighted by Gasteiger charge is -2.26. The molecule has 0 aliphatic carbocycles. The van der Waals surface area contributed by atoms with E-state index < -0.39 is 56.4 Å². The summed E-state index contributed by atoms with van der Waals surface area (Å²) in [6.45, 7) is -0.263. The van der Waals surface area contributed by atoms with Crippen molar-refractivity contribution in [3.8, 4) is 0 Å². The first-order valence-corrected chi connectivity index (χ1v) is 14.6. The fourth-order valence-corrected chi connectivity index (χ4v) is 6.07. The average Bonchev–Trinajstić information content (AvgIpc) is 3.36. The molecule has 3 rings (SSSR count). The standard InChI is InChI=1S/C23H28N4O8S2/c1-36(32,33)17-9-11-18(12-10-17)37(34,35)27-13-5-8-20(27)21(28)26-19(22(29)30)15-25-23(31)24-14-16-6-3-2-4-7-16/h2-4,6-7,9-12,19-20H,5,8,13-15H2,1H3,(H,26,28)(H,29,30)(H2,24,25,31)/p-1. The van der Waals surface area contributed by atoms with E-state index in [4.69, 9.17) is 0 Å². The summed E-state index contributed by atoms with van der Waals surface area (Å²) in [6, 6.07) is 10.2. The van der Waals surface area contributed by atoms with Gasteiger partial charge >= 0.3 is 6.03 Å². The smallest absolute Gasteiger partial charge is 0.315 e. The van der Waals surface area contributed by atoms with Crippen molar-refractivity contribution in [2.75, 3.05) is 19.3 Å². The van der Waals surface area contributed by atoms with Gasteiger partial charge < -0.3 is 25.9 Å². The number of carboxylic acid groups (broad SMARTS) is 1. The summed E-state index contributed by atoms with van der Waals surface area (Å²) in [5.74, 6) is -2.50. The molecule has 2 aromatic carbocycles. The minimum absolute atomic E-state index is 0.0182. The summed E-state index contributed by atoms with van der Waals surface area (Å²) in [4.78, 5) is 36.2. The molecule has 0 bridgehead atoms. The number of aliphatic carboxylic acids is 1. The molecule has 0 radical (unpaired) electrons. The molecule has 37 heavy (non-hydrogen) atoms. The molecular weight excluding hydrogens is 524 g/mol. The van der Waals surface area contributed by atoms with E-state index in [0.717, 1.165) is 40.4 Å². The van der Waals surface area contributed by atoms with Crippen molar-refractivity contribution in [3.05, 3.63) is 60.2 Å². The van der Waals surface area contributed by atoms with Crippen LogP contribution in [0.2, 0.25) is 0 Å². The number of nitrogens with one attached hydrogen (secondary N) is 3. The number of rotatable bonds is 10. The van der Waals surface area contributed by atoms with Crippen LogP contribution < -0.4 is 21.1 Å². The molecule has 2 unspecified atom stereocenters. The summed E-state index contributed by atoms with van der Waals surface area (Å²) in [5.41, 5.74) is 0.830. The zero-order chi connectivity index (χ0) is 27.2. The average molecular weight is 552 g/mol. The number of sulfonamides is 1. The largest absolute Gasteiger partial charge is 0.548 e. The zero-order valence-corrected chi connectivity index (χ0v) is 21.5. The first-order valence-electron chi connectivity index (χ1n) is 11.3. The minimum Gasteiger partial charge on any atom is -0.548 e. The molecule has 0 saturated carbocycles. The van der Waals surface area contributed by atoms with Crippen LogP contribution in [0.3, 0.4) is 0 Å². The normalized spacial score (nSPS) is 17.1. The summed E-state index contributed by atoms with van der Waals surface area (Å²) in [7, 11) is -7.70. The van der Waals surface area contributed by atoms with E-state index in [-0.39, 0.29) is 29.3 Å². The molecule has 2 aromatic rings. The number of carbonyl (C=O) groups excluding carboxylic acids is 3. The van der Waals surface area contributed by atoms with E-state index >= 15 is 0 Å². The molecular formula is C23H27N4O8S2-. The molecule has 1 aliphatic rings. The number of benzene rings is 2. The van der Waals surface area contributed by atoms with Crippen molar-refractivity contribution in [2.24, 2.45) is 0 Å². The highest BCUT2D eigenvalue weighted by Gasteiger charge is 2.40. The molecule has 1 heterocycles.